The fourth-order valence-corrected chi connectivity index (χ4v) is 2.58. The second-order valence-electron chi connectivity index (χ2n) is 6.40. The zero-order valence-electron chi connectivity index (χ0n) is 16.4. The van der Waals surface area contributed by atoms with Crippen LogP contribution in [0, 0.1) is 0 Å². The van der Waals surface area contributed by atoms with Crippen molar-refractivity contribution < 1.29 is 24.2 Å². The van der Waals surface area contributed by atoms with Crippen molar-refractivity contribution in [1.82, 2.24) is 5.32 Å². The van der Waals surface area contributed by atoms with Gasteiger partial charge >= 0.3 is 12.1 Å². The Bertz CT molecular complexity index is 791. The molecule has 0 heterocycles. The van der Waals surface area contributed by atoms with Gasteiger partial charge in [0.25, 0.3) is 0 Å². The Morgan fingerprint density at radius 2 is 1.83 bits per heavy atom. The largest absolute Gasteiger partial charge is 0.497 e. The molecule has 0 radical (unpaired) electrons. The zero-order valence-corrected chi connectivity index (χ0v) is 16.4. The van der Waals surface area contributed by atoms with Crippen LogP contribution >= 0.6 is 0 Å². The average Bonchev–Trinajstić information content (AvgIpc) is 2.74. The minimum absolute atomic E-state index is 0.0963. The number of methoxy groups -OCH3 is 1. The molecule has 1 amide bonds. The molecule has 1 atom stereocenters. The van der Waals surface area contributed by atoms with Gasteiger partial charge in [-0.2, -0.15) is 0 Å². The highest BCUT2D eigenvalue weighted by Gasteiger charge is 2.20. The van der Waals surface area contributed by atoms with Crippen LogP contribution in [0.15, 0.2) is 59.6 Å². The first-order valence-corrected chi connectivity index (χ1v) is 9.42. The van der Waals surface area contributed by atoms with Gasteiger partial charge in [0.1, 0.15) is 18.4 Å². The van der Waals surface area contributed by atoms with E-state index in [0.717, 1.165) is 23.3 Å². The van der Waals surface area contributed by atoms with Crippen LogP contribution in [0.2, 0.25) is 0 Å². The van der Waals surface area contributed by atoms with Crippen molar-refractivity contribution in [2.45, 2.75) is 31.9 Å². The number of amides is 1. The summed E-state index contributed by atoms with van der Waals surface area (Å²) >= 11 is 0. The van der Waals surface area contributed by atoms with Gasteiger partial charge in [-0.25, -0.2) is 9.59 Å². The Hall–Kier alpha value is -3.35. The van der Waals surface area contributed by atoms with E-state index in [0.29, 0.717) is 19.4 Å². The van der Waals surface area contributed by atoms with Crippen molar-refractivity contribution in [2.75, 3.05) is 13.7 Å². The molecule has 7 heteroatoms. The zero-order chi connectivity index (χ0) is 20.9. The highest BCUT2D eigenvalue weighted by molar-refractivity contribution is 5.80. The average molecular weight is 398 g/mol. The molecule has 1 unspecified atom stereocenters. The quantitative estimate of drug-likeness (QED) is 0.445. The maximum absolute atomic E-state index is 11.8. The Morgan fingerprint density at radius 3 is 2.48 bits per heavy atom. The van der Waals surface area contributed by atoms with Gasteiger partial charge in [-0.05, 0) is 54.7 Å². The van der Waals surface area contributed by atoms with E-state index in [1.165, 1.54) is 0 Å². The van der Waals surface area contributed by atoms with Gasteiger partial charge in [0.15, 0.2) is 0 Å². The minimum Gasteiger partial charge on any atom is -0.497 e. The molecule has 0 saturated carbocycles. The first-order chi connectivity index (χ1) is 14.1. The number of benzene rings is 2. The van der Waals surface area contributed by atoms with E-state index < -0.39 is 18.1 Å². The molecule has 0 aliphatic heterocycles. The van der Waals surface area contributed by atoms with Crippen LogP contribution in [-0.2, 0) is 16.1 Å². The molecule has 2 aromatic rings. The van der Waals surface area contributed by atoms with E-state index in [4.69, 9.17) is 9.47 Å². The van der Waals surface area contributed by atoms with Crippen molar-refractivity contribution in [3.05, 3.63) is 65.7 Å². The minimum atomic E-state index is -1.08. The summed E-state index contributed by atoms with van der Waals surface area (Å²) in [7, 11) is 1.62. The first-order valence-electron chi connectivity index (χ1n) is 9.42. The van der Waals surface area contributed by atoms with E-state index in [9.17, 15) is 14.7 Å². The molecule has 2 rings (SSSR count). The number of carboxylic acids is 1. The second-order valence-corrected chi connectivity index (χ2v) is 6.40. The number of hydrogen-bond acceptors (Lipinski definition) is 5. The first kappa shape index (κ1) is 21.9. The van der Waals surface area contributed by atoms with Crippen LogP contribution < -0.4 is 10.1 Å². The fraction of sp³-hybridized carbons (Fsp3) is 0.318. The lowest BCUT2D eigenvalue weighted by molar-refractivity contribution is -0.139. The second kappa shape index (κ2) is 12.2. The summed E-state index contributed by atoms with van der Waals surface area (Å²) < 4.78 is 10.2. The molecule has 0 aliphatic carbocycles. The predicted molar refractivity (Wildman–Crippen MR) is 110 cm³/mol. The summed E-state index contributed by atoms with van der Waals surface area (Å²) in [6.45, 7) is 0.676. The smallest absolute Gasteiger partial charge is 0.408 e. The van der Waals surface area contributed by atoms with Crippen molar-refractivity contribution >= 4 is 18.3 Å². The van der Waals surface area contributed by atoms with E-state index in [1.54, 1.807) is 13.3 Å². The number of carbonyl (C=O) groups excluding carboxylic acids is 1. The summed E-state index contributed by atoms with van der Waals surface area (Å²) in [5, 5.41) is 11.7. The fourth-order valence-electron chi connectivity index (χ4n) is 2.58. The van der Waals surface area contributed by atoms with Gasteiger partial charge in [-0.15, -0.1) is 0 Å². The summed E-state index contributed by atoms with van der Waals surface area (Å²) in [6, 6.07) is 15.8. The van der Waals surface area contributed by atoms with Crippen molar-refractivity contribution in [3.8, 4) is 5.75 Å². The van der Waals surface area contributed by atoms with E-state index in [1.807, 2.05) is 54.6 Å². The third-order valence-corrected chi connectivity index (χ3v) is 4.19. The van der Waals surface area contributed by atoms with Crippen LogP contribution in [0.4, 0.5) is 4.79 Å². The molecular weight excluding hydrogens is 372 g/mol. The molecular formula is C22H26N2O5. The summed E-state index contributed by atoms with van der Waals surface area (Å²) in [4.78, 5) is 27.5. The lowest BCUT2D eigenvalue weighted by Crippen LogP contribution is -2.41. The number of nitrogens with one attached hydrogen (secondary N) is 1. The van der Waals surface area contributed by atoms with Crippen LogP contribution in [0.1, 0.15) is 30.4 Å². The molecule has 154 valence electrons. The molecule has 2 N–H and O–H groups in total. The molecule has 0 saturated heterocycles. The molecule has 0 spiro atoms. The summed E-state index contributed by atoms with van der Waals surface area (Å²) in [5.41, 5.74) is 1.81. The van der Waals surface area contributed by atoms with Crippen LogP contribution in [-0.4, -0.2) is 43.1 Å². The Labute approximate surface area is 170 Å². The van der Waals surface area contributed by atoms with Gasteiger partial charge in [0.05, 0.1) is 7.11 Å². The lowest BCUT2D eigenvalue weighted by Gasteiger charge is -2.14. The molecule has 7 nitrogen and oxygen atoms in total. The Morgan fingerprint density at radius 1 is 1.10 bits per heavy atom. The number of carbonyl (C=O) groups is 2. The number of ether oxygens (including phenoxy) is 2. The van der Waals surface area contributed by atoms with Crippen LogP contribution in [0.3, 0.4) is 0 Å². The van der Waals surface area contributed by atoms with Crippen LogP contribution in [0.5, 0.6) is 5.75 Å². The standard InChI is InChI=1S/C22H26N2O5/c1-28-19-12-10-17(11-13-19)15-23-14-6-5-9-20(21(25)26)24-22(27)29-16-18-7-3-2-4-8-18/h2-4,7-8,10-13,15,20H,5-6,9,14,16H2,1H3,(H,24,27)(H,25,26). The number of aliphatic imine (C=N–C) groups is 1. The Balaban J connectivity index is 1.66. The molecule has 2 aromatic carbocycles. The SMILES string of the molecule is COc1ccc(C=NCCCCC(NC(=O)OCc2ccccc2)C(=O)O)cc1. The number of hydrogen-bond donors (Lipinski definition) is 2. The molecule has 0 aliphatic rings. The van der Waals surface area contributed by atoms with Crippen molar-refractivity contribution in [2.24, 2.45) is 4.99 Å². The van der Waals surface area contributed by atoms with Gasteiger partial charge in [-0.1, -0.05) is 30.3 Å². The van der Waals surface area contributed by atoms with Crippen molar-refractivity contribution in [3.63, 3.8) is 0 Å². The lowest BCUT2D eigenvalue weighted by atomic mass is 10.1. The number of aliphatic carboxylic acids is 1. The van der Waals surface area contributed by atoms with Gasteiger partial charge in [0, 0.05) is 12.8 Å². The van der Waals surface area contributed by atoms with Crippen LogP contribution in [0.25, 0.3) is 0 Å². The Kier molecular flexibility index (Phi) is 9.21. The van der Waals surface area contributed by atoms with E-state index in [-0.39, 0.29) is 6.61 Å². The van der Waals surface area contributed by atoms with E-state index in [2.05, 4.69) is 10.3 Å². The maximum atomic E-state index is 11.8. The van der Waals surface area contributed by atoms with Gasteiger partial charge in [-0.3, -0.25) is 4.99 Å². The molecule has 29 heavy (non-hydrogen) atoms. The van der Waals surface area contributed by atoms with Gasteiger partial charge < -0.3 is 19.9 Å². The predicted octanol–water partition coefficient (Wildman–Crippen LogP) is 3.66. The summed E-state index contributed by atoms with van der Waals surface area (Å²) in [6.07, 6.45) is 2.69. The molecule has 0 aromatic heterocycles. The third kappa shape index (κ3) is 8.47. The summed E-state index contributed by atoms with van der Waals surface area (Å²) in [5.74, 6) is -0.292. The number of carboxylic acid groups (broad SMARTS) is 1. The highest BCUT2D eigenvalue weighted by atomic mass is 16.5. The molecule has 0 fully saturated rings. The normalized spacial score (nSPS) is 11.8. The monoisotopic (exact) mass is 398 g/mol. The highest BCUT2D eigenvalue weighted by Crippen LogP contribution is 2.10. The number of alkyl carbamates (subject to hydrolysis) is 1. The van der Waals surface area contributed by atoms with Gasteiger partial charge in [0.2, 0.25) is 0 Å². The molecule has 0 bridgehead atoms. The topological polar surface area (TPSA) is 97.2 Å². The number of unbranched alkanes of at least 4 members (excludes halogenated alkanes) is 1. The third-order valence-electron chi connectivity index (χ3n) is 4.19. The number of rotatable bonds is 11. The van der Waals surface area contributed by atoms with E-state index >= 15 is 0 Å². The van der Waals surface area contributed by atoms with Crippen molar-refractivity contribution in [1.29, 1.82) is 0 Å². The maximum Gasteiger partial charge on any atom is 0.408 e. The number of nitrogens with zero attached hydrogens (tertiary/aromatic N) is 1.